The fourth-order valence-electron chi connectivity index (χ4n) is 8.05. The van der Waals surface area contributed by atoms with Gasteiger partial charge in [-0.1, -0.05) is 12.1 Å². The van der Waals surface area contributed by atoms with Gasteiger partial charge in [-0.15, -0.1) is 5.26 Å². The molecule has 4 aromatic rings. The van der Waals surface area contributed by atoms with Crippen LogP contribution in [-0.4, -0.2) is 93.0 Å². The fraction of sp³-hybridized carbons (Fsp3) is 0.500. The fourth-order valence-corrected chi connectivity index (χ4v) is 9.39. The first-order chi connectivity index (χ1) is 27.6. The van der Waals surface area contributed by atoms with Gasteiger partial charge in [0.05, 0.1) is 12.7 Å². The quantitative estimate of drug-likeness (QED) is 0.186. The molecule has 4 aliphatic rings. The summed E-state index contributed by atoms with van der Waals surface area (Å²) >= 11 is 0. The Morgan fingerprint density at radius 2 is 1.17 bits per heavy atom. The van der Waals surface area contributed by atoms with Crippen LogP contribution in [0, 0.1) is 11.5 Å². The zero-order valence-corrected chi connectivity index (χ0v) is 35.4. The Hall–Kier alpha value is -4.80. The Morgan fingerprint density at radius 3 is 1.60 bits per heavy atom. The average Bonchev–Trinajstić information content (AvgIpc) is 4.00. The number of ether oxygens (including phenoxy) is 1. The summed E-state index contributed by atoms with van der Waals surface area (Å²) in [5.74, 6) is 0.903. The maximum absolute atomic E-state index is 12.6. The first kappa shape index (κ1) is 42.8. The third-order valence-electron chi connectivity index (χ3n) is 10.9. The molecule has 2 aromatic heterocycles. The van der Waals surface area contributed by atoms with E-state index in [4.69, 9.17) is 15.1 Å². The molecule has 2 amide bonds. The zero-order valence-electron chi connectivity index (χ0n) is 33.8. The summed E-state index contributed by atoms with van der Waals surface area (Å²) in [5, 5.41) is 16.2. The number of sulfonamides is 2. The van der Waals surface area contributed by atoms with Crippen molar-refractivity contribution in [2.75, 3.05) is 46.6 Å². The number of aromatic nitrogens is 4. The van der Waals surface area contributed by atoms with Crippen LogP contribution < -0.4 is 19.9 Å². The second-order valence-electron chi connectivity index (χ2n) is 15.7. The first-order valence-corrected chi connectivity index (χ1v) is 22.7. The van der Waals surface area contributed by atoms with Gasteiger partial charge in [-0.3, -0.25) is 0 Å². The van der Waals surface area contributed by atoms with Crippen molar-refractivity contribution in [3.8, 4) is 12.0 Å². The van der Waals surface area contributed by atoms with Crippen LogP contribution in [0.1, 0.15) is 70.2 Å². The number of likely N-dealkylation sites (N-methyl/N-ethyl adjacent to an activating group) is 2. The predicted octanol–water partition coefficient (Wildman–Crippen LogP) is 3.55. The van der Waals surface area contributed by atoms with Gasteiger partial charge in [0.25, 0.3) is 26.3 Å². The van der Waals surface area contributed by atoms with Crippen LogP contribution >= 0.6 is 0 Å². The van der Waals surface area contributed by atoms with Gasteiger partial charge in [-0.2, -0.15) is 8.42 Å². The Bertz CT molecular complexity index is 2330. The summed E-state index contributed by atoms with van der Waals surface area (Å²) in [7, 11) is 0.0688. The highest BCUT2D eigenvalue weighted by atomic mass is 32.2. The third kappa shape index (κ3) is 10.4. The minimum Gasteiger partial charge on any atom is -0.387 e. The minimum atomic E-state index is -4.03. The predicted molar refractivity (Wildman–Crippen MR) is 220 cm³/mol. The van der Waals surface area contributed by atoms with E-state index in [1.807, 2.05) is 44.2 Å². The molecule has 8 rings (SSSR count). The second kappa shape index (κ2) is 18.4. The second-order valence-corrected chi connectivity index (χ2v) is 18.9. The number of hydrogen-bond donors (Lipinski definition) is 3. The van der Waals surface area contributed by atoms with E-state index in [2.05, 4.69) is 32.1 Å². The van der Waals surface area contributed by atoms with Crippen LogP contribution in [0.3, 0.4) is 0 Å². The molecule has 2 aromatic carbocycles. The molecule has 4 N–H and O–H groups in total. The van der Waals surface area contributed by atoms with Crippen molar-refractivity contribution >= 4 is 31.8 Å². The molecule has 0 saturated heterocycles. The smallest absolute Gasteiger partial charge is 0.333 e. The molecule has 0 fully saturated rings. The average molecular weight is 835 g/mol. The molecule has 0 spiro atoms. The molecular weight excluding hydrogens is 781 g/mol. The van der Waals surface area contributed by atoms with Gasteiger partial charge in [-0.05, 0) is 150 Å². The summed E-state index contributed by atoms with van der Waals surface area (Å²) in [6, 6.07) is 3.88. The summed E-state index contributed by atoms with van der Waals surface area (Å²) in [6.07, 6.45) is 20.5. The van der Waals surface area contributed by atoms with Gasteiger partial charge in [-0.25, -0.2) is 33.0 Å². The number of aryl methyl sites for hydroxylation is 4. The molecule has 58 heavy (non-hydrogen) atoms. The van der Waals surface area contributed by atoms with Gasteiger partial charge < -0.3 is 29.0 Å². The maximum atomic E-state index is 12.6. The molecule has 16 nitrogen and oxygen atoms in total. The van der Waals surface area contributed by atoms with Gasteiger partial charge in [0.1, 0.15) is 5.75 Å². The minimum absolute atomic E-state index is 0.0868. The lowest BCUT2D eigenvalue weighted by Gasteiger charge is -2.16. The molecule has 0 bridgehead atoms. The van der Waals surface area contributed by atoms with Crippen molar-refractivity contribution in [1.82, 2.24) is 33.6 Å². The van der Waals surface area contributed by atoms with E-state index < -0.39 is 26.1 Å². The Morgan fingerprint density at radius 1 is 0.741 bits per heavy atom. The molecule has 0 atom stereocenters. The van der Waals surface area contributed by atoms with Gasteiger partial charge >= 0.3 is 6.03 Å². The number of nitrogens with zero attached hydrogens (tertiary/aromatic N) is 7. The number of nitrogens with two attached hydrogens (primary N) is 1. The topological polar surface area (TPSA) is 211 Å². The summed E-state index contributed by atoms with van der Waals surface area (Å²) < 4.78 is 57.6. The van der Waals surface area contributed by atoms with Crippen molar-refractivity contribution in [2.45, 2.75) is 100 Å². The lowest BCUT2D eigenvalue weighted by molar-refractivity contribution is 0.256. The lowest BCUT2D eigenvalue weighted by Crippen LogP contribution is -2.35. The SMILES string of the molecule is CN(C)CCn1cnc(S(=O)(=O)NC(=O)Nc2c3c(cc4c2CCC4)CCC3)c1.CN(C)CCn1cnc(S(N)(=O)=O)c1.N#COc1c2c(cc3c1CCC3)CCC2. The molecule has 0 saturated carbocycles. The number of urea groups is 1. The van der Waals surface area contributed by atoms with E-state index in [0.717, 1.165) is 99.9 Å². The Balaban J connectivity index is 0.000000164. The van der Waals surface area contributed by atoms with Crippen LogP contribution in [0.25, 0.3) is 0 Å². The molecule has 18 heteroatoms. The van der Waals surface area contributed by atoms with E-state index in [9.17, 15) is 21.6 Å². The molecular formula is C40H54N10O6S2. The highest BCUT2D eigenvalue weighted by molar-refractivity contribution is 7.90. The van der Waals surface area contributed by atoms with E-state index in [-0.39, 0.29) is 10.1 Å². The normalized spacial score (nSPS) is 15.1. The number of hydrogen-bond acceptors (Lipinski definition) is 11. The zero-order chi connectivity index (χ0) is 41.6. The Kier molecular flexibility index (Phi) is 13.6. The molecule has 312 valence electrons. The van der Waals surface area contributed by atoms with Crippen LogP contribution in [0.5, 0.6) is 5.75 Å². The number of carbonyl (C=O) groups excluding carboxylic acids is 1. The van der Waals surface area contributed by atoms with E-state index in [0.29, 0.717) is 13.1 Å². The van der Waals surface area contributed by atoms with Gasteiger partial charge in [0.15, 0.2) is 10.1 Å². The highest BCUT2D eigenvalue weighted by Gasteiger charge is 2.28. The number of fused-ring (bicyclic) bond motifs is 4. The molecule has 4 aliphatic carbocycles. The summed E-state index contributed by atoms with van der Waals surface area (Å²) in [6.45, 7) is 2.88. The van der Waals surface area contributed by atoms with Crippen molar-refractivity contribution in [3.63, 3.8) is 0 Å². The van der Waals surface area contributed by atoms with E-state index in [1.54, 1.807) is 9.13 Å². The highest BCUT2D eigenvalue weighted by Crippen LogP contribution is 2.40. The van der Waals surface area contributed by atoms with Crippen LogP contribution in [-0.2, 0) is 84.5 Å². The van der Waals surface area contributed by atoms with Crippen molar-refractivity contribution < 1.29 is 26.4 Å². The maximum Gasteiger partial charge on any atom is 0.333 e. The van der Waals surface area contributed by atoms with Crippen LogP contribution in [0.2, 0.25) is 0 Å². The van der Waals surface area contributed by atoms with Crippen molar-refractivity contribution in [3.05, 3.63) is 81.7 Å². The number of carbonyl (C=O) groups is 1. The van der Waals surface area contributed by atoms with Crippen molar-refractivity contribution in [2.24, 2.45) is 5.14 Å². The Labute approximate surface area is 341 Å². The first-order valence-electron chi connectivity index (χ1n) is 19.7. The van der Waals surface area contributed by atoms with Gasteiger partial charge in [0.2, 0.25) is 0 Å². The molecule has 0 unspecified atom stereocenters. The number of amides is 2. The van der Waals surface area contributed by atoms with Crippen molar-refractivity contribution in [1.29, 1.82) is 5.26 Å². The van der Waals surface area contributed by atoms with E-state index >= 15 is 0 Å². The lowest BCUT2D eigenvalue weighted by atomic mass is 9.99. The standard InChI is InChI=1S/C20H27N5O3S.C13H13NO.C7H14N4O2S/c1-24(2)9-10-25-12-18(21-13-25)29(27,28)23-20(26)22-19-16-7-3-5-14(16)11-15-6-4-8-17(15)19;14-8-15-13-11-5-1-3-9(11)7-10-4-2-6-12(10)13;1-10(2)3-4-11-5-7(9-6-11)14(8,12)13/h11-13H,3-10H2,1-2H3,(H2,22,23,26);7H,1-6H2;5-6H,3-4H2,1-2H3,(H2,8,12,13). The van der Waals surface area contributed by atoms with Crippen LogP contribution in [0.4, 0.5) is 10.5 Å². The largest absolute Gasteiger partial charge is 0.387 e. The number of rotatable bonds is 11. The monoisotopic (exact) mass is 834 g/mol. The van der Waals surface area contributed by atoms with Gasteiger partial charge in [0, 0.05) is 44.3 Å². The molecule has 0 radical (unpaired) electrons. The number of nitriles is 1. The third-order valence-corrected chi connectivity index (χ3v) is 12.9. The van der Waals surface area contributed by atoms with E-state index in [1.165, 1.54) is 71.3 Å². The molecule has 2 heterocycles. The van der Waals surface area contributed by atoms with Crippen LogP contribution in [0.15, 0.2) is 47.2 Å². The number of primary sulfonamides is 1. The number of nitrogens with one attached hydrogen (secondary N) is 2. The summed E-state index contributed by atoms with van der Waals surface area (Å²) in [5.41, 5.74) is 11.1. The summed E-state index contributed by atoms with van der Waals surface area (Å²) in [4.78, 5) is 24.2. The number of imidazole rings is 2. The number of benzene rings is 2. The number of anilines is 1. The molecule has 0 aliphatic heterocycles.